The van der Waals surface area contributed by atoms with Gasteiger partial charge in [-0.1, -0.05) is 30.3 Å². The minimum absolute atomic E-state index is 0.142. The van der Waals surface area contributed by atoms with E-state index in [1.807, 2.05) is 25.1 Å². The summed E-state index contributed by atoms with van der Waals surface area (Å²) in [5.41, 5.74) is 1.25. The monoisotopic (exact) mass is 289 g/mol. The molecular weight excluding hydrogens is 270 g/mol. The van der Waals surface area contributed by atoms with Gasteiger partial charge in [0.25, 0.3) is 0 Å². The highest BCUT2D eigenvalue weighted by Crippen LogP contribution is 2.27. The molecule has 20 heavy (non-hydrogen) atoms. The molecule has 1 N–H and O–H groups in total. The number of carbonyl (C=O) groups excluding carboxylic acids is 1. The Morgan fingerprint density at radius 1 is 1.20 bits per heavy atom. The highest BCUT2D eigenvalue weighted by atomic mass is 32.1. The SMILES string of the molecule is CCOC(=O)CCNCc1ccc(-c2ccccc2)s1. The van der Waals surface area contributed by atoms with Crippen molar-refractivity contribution in [1.29, 1.82) is 0 Å². The number of ether oxygens (including phenoxy) is 1. The number of thiophene rings is 1. The summed E-state index contributed by atoms with van der Waals surface area (Å²) in [6.07, 6.45) is 0.421. The van der Waals surface area contributed by atoms with Crippen LogP contribution in [0.2, 0.25) is 0 Å². The van der Waals surface area contributed by atoms with Crippen LogP contribution in [-0.4, -0.2) is 19.1 Å². The van der Waals surface area contributed by atoms with Crippen molar-refractivity contribution in [2.45, 2.75) is 19.9 Å². The van der Waals surface area contributed by atoms with Gasteiger partial charge in [0.1, 0.15) is 0 Å². The first-order valence-corrected chi connectivity index (χ1v) is 7.61. The Hall–Kier alpha value is -1.65. The summed E-state index contributed by atoms with van der Waals surface area (Å²) < 4.78 is 4.88. The molecule has 3 nitrogen and oxygen atoms in total. The molecule has 1 aromatic heterocycles. The molecule has 0 fully saturated rings. The van der Waals surface area contributed by atoms with Crippen molar-refractivity contribution >= 4 is 17.3 Å². The Labute approximate surface area is 123 Å². The Kier molecular flexibility index (Phi) is 5.77. The molecule has 1 aromatic carbocycles. The number of rotatable bonds is 7. The van der Waals surface area contributed by atoms with E-state index in [0.717, 1.165) is 6.54 Å². The van der Waals surface area contributed by atoms with E-state index in [4.69, 9.17) is 4.74 Å². The lowest BCUT2D eigenvalue weighted by Crippen LogP contribution is -2.18. The molecule has 4 heteroatoms. The minimum atomic E-state index is -0.142. The Morgan fingerprint density at radius 2 is 2.00 bits per heavy atom. The van der Waals surface area contributed by atoms with E-state index in [0.29, 0.717) is 19.6 Å². The average molecular weight is 289 g/mol. The summed E-state index contributed by atoms with van der Waals surface area (Å²) in [6, 6.07) is 14.6. The molecule has 0 spiro atoms. The first-order valence-electron chi connectivity index (χ1n) is 6.80. The zero-order valence-corrected chi connectivity index (χ0v) is 12.4. The van der Waals surface area contributed by atoms with Gasteiger partial charge >= 0.3 is 5.97 Å². The largest absolute Gasteiger partial charge is 0.466 e. The van der Waals surface area contributed by atoms with Gasteiger partial charge in [-0.2, -0.15) is 0 Å². The second-order valence-corrected chi connectivity index (χ2v) is 5.53. The highest BCUT2D eigenvalue weighted by molar-refractivity contribution is 7.15. The van der Waals surface area contributed by atoms with Crippen LogP contribution in [0.25, 0.3) is 10.4 Å². The maximum Gasteiger partial charge on any atom is 0.307 e. The predicted molar refractivity (Wildman–Crippen MR) is 82.7 cm³/mol. The maximum absolute atomic E-state index is 11.2. The van der Waals surface area contributed by atoms with Crippen LogP contribution in [0.3, 0.4) is 0 Å². The van der Waals surface area contributed by atoms with Crippen LogP contribution in [0.5, 0.6) is 0 Å². The van der Waals surface area contributed by atoms with Gasteiger partial charge in [0.2, 0.25) is 0 Å². The quantitative estimate of drug-likeness (QED) is 0.626. The summed E-state index contributed by atoms with van der Waals surface area (Å²) in [6.45, 7) is 3.71. The van der Waals surface area contributed by atoms with E-state index < -0.39 is 0 Å². The van der Waals surface area contributed by atoms with Crippen molar-refractivity contribution in [3.8, 4) is 10.4 Å². The summed E-state index contributed by atoms with van der Waals surface area (Å²) in [5, 5.41) is 3.27. The van der Waals surface area contributed by atoms with E-state index in [9.17, 15) is 4.79 Å². The van der Waals surface area contributed by atoms with Gasteiger partial charge < -0.3 is 10.1 Å². The second kappa shape index (κ2) is 7.82. The molecule has 0 radical (unpaired) electrons. The third-order valence-corrected chi connectivity index (χ3v) is 3.96. The zero-order chi connectivity index (χ0) is 14.2. The average Bonchev–Trinajstić information content (AvgIpc) is 2.94. The Balaban J connectivity index is 1.78. The summed E-state index contributed by atoms with van der Waals surface area (Å²) >= 11 is 1.78. The van der Waals surface area contributed by atoms with Gasteiger partial charge in [0.15, 0.2) is 0 Å². The van der Waals surface area contributed by atoms with Crippen LogP contribution in [0.15, 0.2) is 42.5 Å². The number of carbonyl (C=O) groups is 1. The molecule has 0 bridgehead atoms. The van der Waals surface area contributed by atoms with Crippen LogP contribution >= 0.6 is 11.3 Å². The number of hydrogen-bond acceptors (Lipinski definition) is 4. The van der Waals surface area contributed by atoms with Crippen LogP contribution in [0.1, 0.15) is 18.2 Å². The summed E-state index contributed by atoms with van der Waals surface area (Å²) in [7, 11) is 0. The van der Waals surface area contributed by atoms with Crippen LogP contribution < -0.4 is 5.32 Å². The molecular formula is C16H19NO2S. The van der Waals surface area contributed by atoms with Gasteiger partial charge in [-0.25, -0.2) is 0 Å². The van der Waals surface area contributed by atoms with Crippen molar-refractivity contribution in [3.63, 3.8) is 0 Å². The topological polar surface area (TPSA) is 38.3 Å². The standard InChI is InChI=1S/C16H19NO2S/c1-2-19-16(18)10-11-17-12-14-8-9-15(20-14)13-6-4-3-5-7-13/h3-9,17H,2,10-12H2,1H3. The third-order valence-electron chi connectivity index (χ3n) is 2.83. The Morgan fingerprint density at radius 3 is 2.75 bits per heavy atom. The molecule has 0 aliphatic carbocycles. The number of nitrogens with one attached hydrogen (secondary N) is 1. The number of esters is 1. The van der Waals surface area contributed by atoms with Crippen LogP contribution in [0.4, 0.5) is 0 Å². The lowest BCUT2D eigenvalue weighted by Gasteiger charge is -2.03. The Bertz CT molecular complexity index is 536. The molecule has 2 aromatic rings. The summed E-state index contributed by atoms with van der Waals surface area (Å²) in [4.78, 5) is 13.7. The van der Waals surface area contributed by atoms with E-state index in [-0.39, 0.29) is 5.97 Å². The zero-order valence-electron chi connectivity index (χ0n) is 11.6. The number of hydrogen-bond donors (Lipinski definition) is 1. The van der Waals surface area contributed by atoms with Gasteiger partial charge in [-0.15, -0.1) is 11.3 Å². The first kappa shape index (κ1) is 14.8. The second-order valence-electron chi connectivity index (χ2n) is 4.36. The lowest BCUT2D eigenvalue weighted by molar-refractivity contribution is -0.142. The molecule has 106 valence electrons. The molecule has 0 amide bonds. The molecule has 0 saturated heterocycles. The predicted octanol–water partition coefficient (Wildman–Crippen LogP) is 3.46. The molecule has 0 atom stereocenters. The molecule has 2 rings (SSSR count). The maximum atomic E-state index is 11.2. The smallest absolute Gasteiger partial charge is 0.307 e. The van der Waals surface area contributed by atoms with Crippen LogP contribution in [-0.2, 0) is 16.1 Å². The lowest BCUT2D eigenvalue weighted by atomic mass is 10.2. The van der Waals surface area contributed by atoms with E-state index >= 15 is 0 Å². The van der Waals surface area contributed by atoms with Crippen molar-refractivity contribution in [1.82, 2.24) is 5.32 Å². The van der Waals surface area contributed by atoms with Crippen molar-refractivity contribution < 1.29 is 9.53 Å². The van der Waals surface area contributed by atoms with Gasteiger partial charge in [0.05, 0.1) is 13.0 Å². The first-order chi connectivity index (χ1) is 9.79. The van der Waals surface area contributed by atoms with Crippen molar-refractivity contribution in [2.75, 3.05) is 13.2 Å². The highest BCUT2D eigenvalue weighted by Gasteiger charge is 2.03. The third kappa shape index (κ3) is 4.47. The molecule has 0 saturated carbocycles. The van der Waals surface area contributed by atoms with Crippen LogP contribution in [0, 0.1) is 0 Å². The molecule has 1 heterocycles. The van der Waals surface area contributed by atoms with Gasteiger partial charge in [0, 0.05) is 22.8 Å². The molecule has 0 aliphatic rings. The number of benzene rings is 1. The fraction of sp³-hybridized carbons (Fsp3) is 0.312. The molecule has 0 unspecified atom stereocenters. The minimum Gasteiger partial charge on any atom is -0.466 e. The van der Waals surface area contributed by atoms with Gasteiger partial charge in [-0.05, 0) is 24.6 Å². The van der Waals surface area contributed by atoms with E-state index in [1.54, 1.807) is 11.3 Å². The van der Waals surface area contributed by atoms with Gasteiger partial charge in [-0.3, -0.25) is 4.79 Å². The normalized spacial score (nSPS) is 10.4. The van der Waals surface area contributed by atoms with Crippen molar-refractivity contribution in [2.24, 2.45) is 0 Å². The van der Waals surface area contributed by atoms with E-state index in [1.165, 1.54) is 15.3 Å². The van der Waals surface area contributed by atoms with E-state index in [2.05, 4.69) is 29.6 Å². The fourth-order valence-electron chi connectivity index (χ4n) is 1.87. The fourth-order valence-corrected chi connectivity index (χ4v) is 2.85. The molecule has 0 aliphatic heterocycles. The summed E-state index contributed by atoms with van der Waals surface area (Å²) in [5.74, 6) is -0.142. The van der Waals surface area contributed by atoms with Crippen molar-refractivity contribution in [3.05, 3.63) is 47.3 Å².